The largest absolute Gasteiger partial charge is 0.483 e. The first-order valence-electron chi connectivity index (χ1n) is 5.50. The maximum atomic E-state index is 11.8. The number of morpholine rings is 1. The molecule has 0 spiro atoms. The SMILES string of the molecule is O=C(COc1ccccc1Br)N1CCOCC1. The Kier molecular flexibility index (Phi) is 4.39. The third-order valence-corrected chi connectivity index (χ3v) is 3.21. The van der Waals surface area contributed by atoms with Crippen molar-refractivity contribution in [2.75, 3.05) is 32.9 Å². The van der Waals surface area contributed by atoms with Gasteiger partial charge in [0.2, 0.25) is 0 Å². The number of rotatable bonds is 3. The minimum absolute atomic E-state index is 0.00375. The maximum absolute atomic E-state index is 11.8. The molecule has 1 heterocycles. The van der Waals surface area contributed by atoms with E-state index in [-0.39, 0.29) is 12.5 Å². The molecular formula is C12H14BrNO3. The van der Waals surface area contributed by atoms with Gasteiger partial charge in [-0.1, -0.05) is 12.1 Å². The molecule has 0 aliphatic carbocycles. The van der Waals surface area contributed by atoms with E-state index in [0.29, 0.717) is 32.1 Å². The summed E-state index contributed by atoms with van der Waals surface area (Å²) in [6, 6.07) is 7.49. The molecule has 1 saturated heterocycles. The zero-order chi connectivity index (χ0) is 12.1. The summed E-state index contributed by atoms with van der Waals surface area (Å²) < 4.78 is 11.5. The molecule has 0 saturated carbocycles. The van der Waals surface area contributed by atoms with Crippen LogP contribution in [0.2, 0.25) is 0 Å². The molecule has 1 aliphatic rings. The van der Waals surface area contributed by atoms with E-state index >= 15 is 0 Å². The van der Waals surface area contributed by atoms with Crippen LogP contribution < -0.4 is 4.74 Å². The predicted octanol–water partition coefficient (Wildman–Crippen LogP) is 1.69. The van der Waals surface area contributed by atoms with Crippen molar-refractivity contribution in [3.8, 4) is 5.75 Å². The maximum Gasteiger partial charge on any atom is 0.260 e. The number of ether oxygens (including phenoxy) is 2. The third-order valence-electron chi connectivity index (χ3n) is 2.55. The summed E-state index contributed by atoms with van der Waals surface area (Å²) >= 11 is 3.37. The fourth-order valence-corrected chi connectivity index (χ4v) is 2.00. The lowest BCUT2D eigenvalue weighted by atomic mass is 10.3. The highest BCUT2D eigenvalue weighted by Crippen LogP contribution is 2.23. The monoisotopic (exact) mass is 299 g/mol. The number of nitrogens with zero attached hydrogens (tertiary/aromatic N) is 1. The summed E-state index contributed by atoms with van der Waals surface area (Å²) in [5.41, 5.74) is 0. The van der Waals surface area contributed by atoms with E-state index in [1.54, 1.807) is 4.90 Å². The molecule has 0 radical (unpaired) electrons. The average molecular weight is 300 g/mol. The Labute approximate surface area is 109 Å². The van der Waals surface area contributed by atoms with Crippen LogP contribution in [-0.2, 0) is 9.53 Å². The van der Waals surface area contributed by atoms with Gasteiger partial charge in [0.05, 0.1) is 17.7 Å². The fourth-order valence-electron chi connectivity index (χ4n) is 1.61. The van der Waals surface area contributed by atoms with Crippen LogP contribution >= 0.6 is 15.9 Å². The van der Waals surface area contributed by atoms with Crippen molar-refractivity contribution in [1.82, 2.24) is 4.90 Å². The average Bonchev–Trinajstić information content (AvgIpc) is 2.38. The van der Waals surface area contributed by atoms with Gasteiger partial charge in [-0.05, 0) is 28.1 Å². The fraction of sp³-hybridized carbons (Fsp3) is 0.417. The van der Waals surface area contributed by atoms with Gasteiger partial charge in [-0.2, -0.15) is 0 Å². The highest BCUT2D eigenvalue weighted by atomic mass is 79.9. The molecule has 0 aromatic heterocycles. The molecule has 0 atom stereocenters. The van der Waals surface area contributed by atoms with Crippen molar-refractivity contribution in [2.24, 2.45) is 0 Å². The standard InChI is InChI=1S/C12H14BrNO3/c13-10-3-1-2-4-11(10)17-9-12(15)14-5-7-16-8-6-14/h1-4H,5-9H2. The van der Waals surface area contributed by atoms with Crippen LogP contribution in [0, 0.1) is 0 Å². The van der Waals surface area contributed by atoms with Crippen molar-refractivity contribution >= 4 is 21.8 Å². The molecule has 5 heteroatoms. The van der Waals surface area contributed by atoms with E-state index in [0.717, 1.165) is 4.47 Å². The third kappa shape index (κ3) is 3.44. The van der Waals surface area contributed by atoms with Crippen molar-refractivity contribution in [2.45, 2.75) is 0 Å². The Hall–Kier alpha value is -1.07. The summed E-state index contributed by atoms with van der Waals surface area (Å²) in [6.07, 6.45) is 0. The number of para-hydroxylation sites is 1. The van der Waals surface area contributed by atoms with Crippen molar-refractivity contribution in [3.05, 3.63) is 28.7 Å². The first kappa shape index (κ1) is 12.4. The Morgan fingerprint density at radius 3 is 2.76 bits per heavy atom. The van der Waals surface area contributed by atoms with E-state index < -0.39 is 0 Å². The minimum atomic E-state index is 0.00375. The Bertz CT molecular complexity index is 391. The highest BCUT2D eigenvalue weighted by Gasteiger charge is 2.17. The molecule has 0 unspecified atom stereocenters. The molecule has 17 heavy (non-hydrogen) atoms. The van der Waals surface area contributed by atoms with Gasteiger partial charge in [-0.3, -0.25) is 4.79 Å². The van der Waals surface area contributed by atoms with E-state index in [9.17, 15) is 4.79 Å². The number of amides is 1. The molecule has 1 fully saturated rings. The second kappa shape index (κ2) is 6.02. The van der Waals surface area contributed by atoms with Crippen LogP contribution in [-0.4, -0.2) is 43.7 Å². The van der Waals surface area contributed by atoms with Crippen LogP contribution in [0.4, 0.5) is 0 Å². The number of hydrogen-bond donors (Lipinski definition) is 0. The quantitative estimate of drug-likeness (QED) is 0.852. The minimum Gasteiger partial charge on any atom is -0.483 e. The van der Waals surface area contributed by atoms with E-state index in [1.165, 1.54) is 0 Å². The van der Waals surface area contributed by atoms with Crippen LogP contribution in [0.1, 0.15) is 0 Å². The summed E-state index contributed by atoms with van der Waals surface area (Å²) in [5, 5.41) is 0. The van der Waals surface area contributed by atoms with Gasteiger partial charge in [0.1, 0.15) is 5.75 Å². The first-order chi connectivity index (χ1) is 8.27. The lowest BCUT2D eigenvalue weighted by Crippen LogP contribution is -2.42. The van der Waals surface area contributed by atoms with Crippen molar-refractivity contribution in [1.29, 1.82) is 0 Å². The molecule has 0 N–H and O–H groups in total. The molecule has 92 valence electrons. The second-order valence-electron chi connectivity index (χ2n) is 3.71. The molecule has 1 amide bonds. The number of benzene rings is 1. The molecular weight excluding hydrogens is 286 g/mol. The van der Waals surface area contributed by atoms with Gasteiger partial charge in [0.15, 0.2) is 6.61 Å². The van der Waals surface area contributed by atoms with Gasteiger partial charge in [0, 0.05) is 13.1 Å². The molecule has 1 aliphatic heterocycles. The lowest BCUT2D eigenvalue weighted by Gasteiger charge is -2.26. The molecule has 1 aromatic rings. The molecule has 2 rings (SSSR count). The first-order valence-corrected chi connectivity index (χ1v) is 6.29. The number of carbonyl (C=O) groups is 1. The van der Waals surface area contributed by atoms with Gasteiger partial charge in [0.25, 0.3) is 5.91 Å². The van der Waals surface area contributed by atoms with Crippen molar-refractivity contribution < 1.29 is 14.3 Å². The summed E-state index contributed by atoms with van der Waals surface area (Å²) in [7, 11) is 0. The number of hydrogen-bond acceptors (Lipinski definition) is 3. The Balaban J connectivity index is 1.85. The molecule has 0 bridgehead atoms. The van der Waals surface area contributed by atoms with Crippen LogP contribution in [0.15, 0.2) is 28.7 Å². The second-order valence-corrected chi connectivity index (χ2v) is 4.57. The van der Waals surface area contributed by atoms with E-state index in [1.807, 2.05) is 24.3 Å². The summed E-state index contributed by atoms with van der Waals surface area (Å²) in [6.45, 7) is 2.60. The smallest absolute Gasteiger partial charge is 0.260 e. The zero-order valence-corrected chi connectivity index (χ0v) is 11.0. The van der Waals surface area contributed by atoms with Crippen LogP contribution in [0.3, 0.4) is 0 Å². The highest BCUT2D eigenvalue weighted by molar-refractivity contribution is 9.10. The number of carbonyl (C=O) groups excluding carboxylic acids is 1. The van der Waals surface area contributed by atoms with Gasteiger partial charge < -0.3 is 14.4 Å². The Morgan fingerprint density at radius 1 is 1.35 bits per heavy atom. The summed E-state index contributed by atoms with van der Waals surface area (Å²) in [4.78, 5) is 13.6. The molecule has 4 nitrogen and oxygen atoms in total. The van der Waals surface area contributed by atoms with Crippen molar-refractivity contribution in [3.63, 3.8) is 0 Å². The normalized spacial score (nSPS) is 15.7. The Morgan fingerprint density at radius 2 is 2.06 bits per heavy atom. The lowest BCUT2D eigenvalue weighted by molar-refractivity contribution is -0.137. The van der Waals surface area contributed by atoms with Gasteiger partial charge in [-0.15, -0.1) is 0 Å². The van der Waals surface area contributed by atoms with E-state index in [4.69, 9.17) is 9.47 Å². The van der Waals surface area contributed by atoms with Crippen LogP contribution in [0.5, 0.6) is 5.75 Å². The topological polar surface area (TPSA) is 38.8 Å². The predicted molar refractivity (Wildman–Crippen MR) is 67.0 cm³/mol. The van der Waals surface area contributed by atoms with Gasteiger partial charge >= 0.3 is 0 Å². The van der Waals surface area contributed by atoms with Gasteiger partial charge in [-0.25, -0.2) is 0 Å². The number of halogens is 1. The van der Waals surface area contributed by atoms with Crippen LogP contribution in [0.25, 0.3) is 0 Å². The summed E-state index contributed by atoms with van der Waals surface area (Å²) in [5.74, 6) is 0.693. The van der Waals surface area contributed by atoms with E-state index in [2.05, 4.69) is 15.9 Å². The zero-order valence-electron chi connectivity index (χ0n) is 9.39. The molecule has 1 aromatic carbocycles.